The summed E-state index contributed by atoms with van der Waals surface area (Å²) in [6, 6.07) is 9.76. The molecule has 0 fully saturated rings. The Bertz CT molecular complexity index is 811. The van der Waals surface area contributed by atoms with Crippen LogP contribution in [0.3, 0.4) is 0 Å². The Morgan fingerprint density at radius 1 is 1.04 bits per heavy atom. The van der Waals surface area contributed by atoms with Crippen molar-refractivity contribution in [2.45, 2.75) is 27.2 Å². The number of H-pyrrole nitrogens is 1. The number of aromatic amines is 1. The quantitative estimate of drug-likeness (QED) is 0.693. The number of aromatic nitrogens is 1. The smallest absolute Gasteiger partial charge is 0.355 e. The minimum atomic E-state index is -0.657. The number of ether oxygens (including phenoxy) is 2. The van der Waals surface area contributed by atoms with Crippen LogP contribution in [0.4, 0.5) is 0 Å². The molecule has 2 rings (SSSR count). The molecule has 7 nitrogen and oxygen atoms in total. The molecule has 0 saturated carbocycles. The van der Waals surface area contributed by atoms with Crippen molar-refractivity contribution >= 4 is 17.8 Å². The monoisotopic (exact) mass is 372 g/mol. The number of esters is 2. The molecule has 2 N–H and O–H groups in total. The molecular formula is C20H24N2O5. The minimum Gasteiger partial charge on any atom is -0.461 e. The van der Waals surface area contributed by atoms with Gasteiger partial charge in [0.1, 0.15) is 5.69 Å². The molecule has 0 aliphatic carbocycles. The molecule has 1 amide bonds. The highest BCUT2D eigenvalue weighted by molar-refractivity contribution is 5.99. The fraction of sp³-hybridized carbons (Fsp3) is 0.350. The van der Waals surface area contributed by atoms with Crippen molar-refractivity contribution in [3.05, 3.63) is 58.4 Å². The number of amides is 1. The number of carbonyl (C=O) groups excluding carboxylic acids is 3. The van der Waals surface area contributed by atoms with Gasteiger partial charge in [0.05, 0.1) is 12.2 Å². The van der Waals surface area contributed by atoms with Crippen LogP contribution >= 0.6 is 0 Å². The van der Waals surface area contributed by atoms with Gasteiger partial charge in [-0.05, 0) is 38.3 Å². The van der Waals surface area contributed by atoms with Crippen LogP contribution in [0.5, 0.6) is 0 Å². The van der Waals surface area contributed by atoms with Crippen LogP contribution in [0.15, 0.2) is 30.3 Å². The number of rotatable bonds is 8. The highest BCUT2D eigenvalue weighted by atomic mass is 16.5. The lowest BCUT2D eigenvalue weighted by Crippen LogP contribution is -2.30. The molecular weight excluding hydrogens is 348 g/mol. The van der Waals surface area contributed by atoms with E-state index in [2.05, 4.69) is 10.3 Å². The topological polar surface area (TPSA) is 97.5 Å². The van der Waals surface area contributed by atoms with Crippen molar-refractivity contribution in [1.29, 1.82) is 0 Å². The predicted octanol–water partition coefficient (Wildman–Crippen LogP) is 2.32. The maximum atomic E-state index is 12.3. The third-order valence-corrected chi connectivity index (χ3v) is 4.03. The second kappa shape index (κ2) is 9.56. The van der Waals surface area contributed by atoms with Crippen molar-refractivity contribution < 1.29 is 23.9 Å². The molecule has 144 valence electrons. The third-order valence-electron chi connectivity index (χ3n) is 4.03. The summed E-state index contributed by atoms with van der Waals surface area (Å²) in [5.41, 5.74) is 2.51. The highest BCUT2D eigenvalue weighted by Gasteiger charge is 2.24. The van der Waals surface area contributed by atoms with Crippen LogP contribution in [-0.2, 0) is 20.7 Å². The standard InChI is InChI=1S/C20H24N2O5/c1-4-26-20(25)18-13(2)17(14(3)22-18)19(24)27-12-16(23)21-11-10-15-8-6-5-7-9-15/h5-9,22H,4,10-12H2,1-3H3,(H,21,23). The van der Waals surface area contributed by atoms with Crippen molar-refractivity contribution in [1.82, 2.24) is 10.3 Å². The van der Waals surface area contributed by atoms with E-state index in [9.17, 15) is 14.4 Å². The molecule has 0 unspecified atom stereocenters. The normalized spacial score (nSPS) is 10.3. The van der Waals surface area contributed by atoms with Gasteiger partial charge < -0.3 is 19.8 Å². The number of benzene rings is 1. The van der Waals surface area contributed by atoms with Gasteiger partial charge in [0.15, 0.2) is 6.61 Å². The molecule has 0 spiro atoms. The first-order valence-electron chi connectivity index (χ1n) is 8.78. The number of hydrogen-bond donors (Lipinski definition) is 2. The molecule has 1 aromatic carbocycles. The molecule has 0 radical (unpaired) electrons. The van der Waals surface area contributed by atoms with E-state index in [0.717, 1.165) is 5.56 Å². The van der Waals surface area contributed by atoms with Crippen LogP contribution in [-0.4, -0.2) is 42.6 Å². The van der Waals surface area contributed by atoms with E-state index in [4.69, 9.17) is 9.47 Å². The van der Waals surface area contributed by atoms with Gasteiger partial charge in [-0.2, -0.15) is 0 Å². The molecule has 0 aliphatic rings. The molecule has 1 heterocycles. The maximum Gasteiger partial charge on any atom is 0.355 e. The van der Waals surface area contributed by atoms with E-state index in [1.165, 1.54) is 0 Å². The largest absolute Gasteiger partial charge is 0.461 e. The summed E-state index contributed by atoms with van der Waals surface area (Å²) < 4.78 is 10.0. The Morgan fingerprint density at radius 2 is 1.74 bits per heavy atom. The molecule has 0 bridgehead atoms. The van der Waals surface area contributed by atoms with Crippen molar-refractivity contribution in [3.8, 4) is 0 Å². The summed E-state index contributed by atoms with van der Waals surface area (Å²) in [5, 5.41) is 2.71. The zero-order chi connectivity index (χ0) is 19.8. The van der Waals surface area contributed by atoms with Gasteiger partial charge in [0.2, 0.25) is 0 Å². The minimum absolute atomic E-state index is 0.216. The van der Waals surface area contributed by atoms with E-state index >= 15 is 0 Å². The molecule has 27 heavy (non-hydrogen) atoms. The summed E-state index contributed by atoms with van der Waals surface area (Å²) in [5.74, 6) is -1.57. The maximum absolute atomic E-state index is 12.3. The number of nitrogens with one attached hydrogen (secondary N) is 2. The SMILES string of the molecule is CCOC(=O)c1[nH]c(C)c(C(=O)OCC(=O)NCCc2ccccc2)c1C. The number of aryl methyl sites for hydroxylation is 1. The van der Waals surface area contributed by atoms with E-state index in [1.807, 2.05) is 30.3 Å². The van der Waals surface area contributed by atoms with Crippen LogP contribution in [0.2, 0.25) is 0 Å². The predicted molar refractivity (Wildman–Crippen MR) is 99.7 cm³/mol. The van der Waals surface area contributed by atoms with Crippen molar-refractivity contribution in [2.75, 3.05) is 19.8 Å². The molecule has 0 atom stereocenters. The summed E-state index contributed by atoms with van der Waals surface area (Å²) in [6.45, 7) is 5.30. The Kier molecular flexibility index (Phi) is 7.16. The number of carbonyl (C=O) groups is 3. The Morgan fingerprint density at radius 3 is 2.41 bits per heavy atom. The van der Waals surface area contributed by atoms with E-state index in [1.54, 1.807) is 20.8 Å². The lowest BCUT2D eigenvalue weighted by molar-refractivity contribution is -0.124. The van der Waals surface area contributed by atoms with E-state index < -0.39 is 11.9 Å². The second-order valence-corrected chi connectivity index (χ2v) is 6.01. The molecule has 0 saturated heterocycles. The van der Waals surface area contributed by atoms with Crippen LogP contribution in [0.1, 0.15) is 44.6 Å². The molecule has 7 heteroatoms. The zero-order valence-corrected chi connectivity index (χ0v) is 15.8. The summed E-state index contributed by atoms with van der Waals surface area (Å²) in [6.07, 6.45) is 0.694. The molecule has 2 aromatic rings. The first kappa shape index (κ1) is 20.2. The van der Waals surface area contributed by atoms with Crippen molar-refractivity contribution in [2.24, 2.45) is 0 Å². The van der Waals surface area contributed by atoms with Gasteiger partial charge in [-0.25, -0.2) is 9.59 Å². The lowest BCUT2D eigenvalue weighted by atomic mass is 10.1. The lowest BCUT2D eigenvalue weighted by Gasteiger charge is -2.07. The van der Waals surface area contributed by atoms with Gasteiger partial charge >= 0.3 is 11.9 Å². The van der Waals surface area contributed by atoms with Gasteiger partial charge in [-0.3, -0.25) is 4.79 Å². The van der Waals surface area contributed by atoms with Crippen molar-refractivity contribution in [3.63, 3.8) is 0 Å². The van der Waals surface area contributed by atoms with Gasteiger partial charge in [-0.15, -0.1) is 0 Å². The summed E-state index contributed by atoms with van der Waals surface area (Å²) in [4.78, 5) is 38.9. The van der Waals surface area contributed by atoms with Gasteiger partial charge in [-0.1, -0.05) is 30.3 Å². The summed E-state index contributed by atoms with van der Waals surface area (Å²) >= 11 is 0. The van der Waals surface area contributed by atoms with E-state index in [-0.39, 0.29) is 30.4 Å². The van der Waals surface area contributed by atoms with Crippen LogP contribution < -0.4 is 5.32 Å². The Labute approximate surface area is 158 Å². The zero-order valence-electron chi connectivity index (χ0n) is 15.8. The fourth-order valence-electron chi connectivity index (χ4n) is 2.71. The van der Waals surface area contributed by atoms with Gasteiger partial charge in [0, 0.05) is 12.2 Å². The average molecular weight is 372 g/mol. The van der Waals surface area contributed by atoms with Crippen LogP contribution in [0, 0.1) is 13.8 Å². The molecule has 0 aliphatic heterocycles. The van der Waals surface area contributed by atoms with E-state index in [0.29, 0.717) is 24.2 Å². The first-order valence-corrected chi connectivity index (χ1v) is 8.78. The Hall–Kier alpha value is -3.09. The third kappa shape index (κ3) is 5.44. The van der Waals surface area contributed by atoms with Gasteiger partial charge in [0.25, 0.3) is 5.91 Å². The fourth-order valence-corrected chi connectivity index (χ4v) is 2.71. The average Bonchev–Trinajstić information content (AvgIpc) is 2.95. The highest BCUT2D eigenvalue weighted by Crippen LogP contribution is 2.19. The number of hydrogen-bond acceptors (Lipinski definition) is 5. The molecule has 1 aromatic heterocycles. The first-order chi connectivity index (χ1) is 12.9. The second-order valence-electron chi connectivity index (χ2n) is 6.01. The Balaban J connectivity index is 1.86. The summed E-state index contributed by atoms with van der Waals surface area (Å²) in [7, 11) is 0. The van der Waals surface area contributed by atoms with Crippen LogP contribution in [0.25, 0.3) is 0 Å².